The number of thiophene rings is 1. The zero-order valence-electron chi connectivity index (χ0n) is 14.6. The summed E-state index contributed by atoms with van der Waals surface area (Å²) in [5.41, 5.74) is 2.02. The fourth-order valence-corrected chi connectivity index (χ4v) is 2.78. The van der Waals surface area contributed by atoms with Gasteiger partial charge in [0.25, 0.3) is 11.8 Å². The van der Waals surface area contributed by atoms with E-state index >= 15 is 0 Å². The van der Waals surface area contributed by atoms with Gasteiger partial charge in [-0.1, -0.05) is 12.1 Å². The summed E-state index contributed by atoms with van der Waals surface area (Å²) in [7, 11) is 0. The molecule has 27 heavy (non-hydrogen) atoms. The highest BCUT2D eigenvalue weighted by atomic mass is 32.1. The number of amides is 2. The van der Waals surface area contributed by atoms with Crippen molar-refractivity contribution in [2.75, 3.05) is 18.5 Å². The number of carbonyl (C=O) groups excluding carboxylic acids is 3. The quantitative estimate of drug-likeness (QED) is 0.509. The minimum Gasteiger partial charge on any atom is -0.456 e. The Morgan fingerprint density at radius 1 is 1.15 bits per heavy atom. The molecule has 0 atom stereocenters. The van der Waals surface area contributed by atoms with E-state index in [1.807, 2.05) is 11.4 Å². The molecule has 0 spiro atoms. The lowest BCUT2D eigenvalue weighted by atomic mass is 10.1. The van der Waals surface area contributed by atoms with Crippen LogP contribution in [-0.4, -0.2) is 30.9 Å². The van der Waals surface area contributed by atoms with E-state index in [-0.39, 0.29) is 18.9 Å². The third-order valence-electron chi connectivity index (χ3n) is 3.51. The third kappa shape index (κ3) is 7.30. The second-order valence-corrected chi connectivity index (χ2v) is 6.39. The van der Waals surface area contributed by atoms with Gasteiger partial charge in [0.05, 0.1) is 12.5 Å². The molecular weight excluding hydrogens is 366 g/mol. The Kier molecular flexibility index (Phi) is 8.00. The van der Waals surface area contributed by atoms with Crippen LogP contribution in [0.2, 0.25) is 0 Å². The molecule has 0 aliphatic carbocycles. The zero-order chi connectivity index (χ0) is 19.5. The first-order chi connectivity index (χ1) is 13.1. The van der Waals surface area contributed by atoms with Crippen LogP contribution in [0.15, 0.2) is 41.1 Å². The summed E-state index contributed by atoms with van der Waals surface area (Å²) in [6.45, 7) is -0.0228. The second kappa shape index (κ2) is 10.7. The Morgan fingerprint density at radius 3 is 2.59 bits per heavy atom. The van der Waals surface area contributed by atoms with Gasteiger partial charge in [0.1, 0.15) is 0 Å². The number of ether oxygens (including phenoxy) is 1. The highest BCUT2D eigenvalue weighted by Crippen LogP contribution is 2.10. The van der Waals surface area contributed by atoms with E-state index in [9.17, 15) is 14.4 Å². The summed E-state index contributed by atoms with van der Waals surface area (Å²) < 4.78 is 4.91. The van der Waals surface area contributed by atoms with Crippen molar-refractivity contribution < 1.29 is 19.1 Å². The van der Waals surface area contributed by atoms with Crippen LogP contribution in [0.4, 0.5) is 5.69 Å². The minimum absolute atomic E-state index is 0.111. The molecule has 0 saturated carbocycles. The molecule has 0 unspecified atom stereocenters. The van der Waals surface area contributed by atoms with Gasteiger partial charge >= 0.3 is 5.97 Å². The lowest BCUT2D eigenvalue weighted by molar-refractivity contribution is -0.147. The van der Waals surface area contributed by atoms with Crippen LogP contribution >= 0.6 is 11.3 Å². The Labute approximate surface area is 161 Å². The lowest BCUT2D eigenvalue weighted by Crippen LogP contribution is -2.25. The van der Waals surface area contributed by atoms with Crippen LogP contribution in [0.1, 0.15) is 28.8 Å². The normalized spacial score (nSPS) is 9.89. The maximum atomic E-state index is 11.8. The molecule has 0 bridgehead atoms. The van der Waals surface area contributed by atoms with Gasteiger partial charge in [-0.25, -0.2) is 0 Å². The molecule has 140 valence electrons. The molecule has 0 aliphatic heterocycles. The highest BCUT2D eigenvalue weighted by Gasteiger charge is 2.09. The van der Waals surface area contributed by atoms with E-state index in [1.165, 1.54) is 11.3 Å². The predicted molar refractivity (Wildman–Crippen MR) is 101 cm³/mol. The van der Waals surface area contributed by atoms with Crippen LogP contribution in [0.5, 0.6) is 0 Å². The van der Waals surface area contributed by atoms with Crippen molar-refractivity contribution in [3.05, 3.63) is 52.2 Å². The molecule has 1 heterocycles. The Hall–Kier alpha value is -3.18. The van der Waals surface area contributed by atoms with Gasteiger partial charge < -0.3 is 15.4 Å². The Bertz CT molecular complexity index is 810. The molecule has 1 aromatic heterocycles. The summed E-state index contributed by atoms with van der Waals surface area (Å²) in [5, 5.41) is 17.5. The Balaban J connectivity index is 1.59. The smallest absolute Gasteiger partial charge is 0.306 e. The number of hydrogen-bond acceptors (Lipinski definition) is 6. The first-order valence-corrected chi connectivity index (χ1v) is 9.24. The van der Waals surface area contributed by atoms with Gasteiger partial charge in [-0.05, 0) is 35.6 Å². The number of benzene rings is 1. The van der Waals surface area contributed by atoms with E-state index in [0.717, 1.165) is 5.56 Å². The predicted octanol–water partition coefficient (Wildman–Crippen LogP) is 2.51. The summed E-state index contributed by atoms with van der Waals surface area (Å²) in [6.07, 6.45) is 0.844. The third-order valence-corrected chi connectivity index (χ3v) is 4.19. The minimum atomic E-state index is -0.501. The number of rotatable bonds is 9. The van der Waals surface area contributed by atoms with Crippen LogP contribution in [0, 0.1) is 11.3 Å². The molecular formula is C19H19N3O4S. The Morgan fingerprint density at radius 2 is 1.93 bits per heavy atom. The number of carbonyl (C=O) groups is 3. The van der Waals surface area contributed by atoms with Crippen LogP contribution < -0.4 is 10.6 Å². The van der Waals surface area contributed by atoms with Gasteiger partial charge in [0.15, 0.2) is 6.61 Å². The maximum absolute atomic E-state index is 11.8. The van der Waals surface area contributed by atoms with Crippen LogP contribution in [0.3, 0.4) is 0 Å². The summed E-state index contributed by atoms with van der Waals surface area (Å²) in [6, 6.07) is 10.6. The molecule has 0 radical (unpaired) electrons. The molecule has 8 heteroatoms. The van der Waals surface area contributed by atoms with Crippen molar-refractivity contribution >= 4 is 34.8 Å². The fraction of sp³-hybridized carbons (Fsp3) is 0.263. The van der Waals surface area contributed by atoms with Crippen molar-refractivity contribution in [3.63, 3.8) is 0 Å². The van der Waals surface area contributed by atoms with E-state index < -0.39 is 11.9 Å². The first kappa shape index (κ1) is 20.1. The summed E-state index contributed by atoms with van der Waals surface area (Å²) in [5.74, 6) is -1.12. The monoisotopic (exact) mass is 385 g/mol. The number of hydrogen-bond donors (Lipinski definition) is 2. The van der Waals surface area contributed by atoms with Crippen molar-refractivity contribution in [2.24, 2.45) is 0 Å². The summed E-state index contributed by atoms with van der Waals surface area (Å²) >= 11 is 1.44. The molecule has 0 aliphatic rings. The van der Waals surface area contributed by atoms with Crippen LogP contribution in [-0.2, 0) is 20.7 Å². The SMILES string of the molecule is N#CCc1ccc(NC(=O)COC(=O)CCCNC(=O)c2ccsc2)cc1. The number of esters is 1. The molecule has 0 saturated heterocycles. The van der Waals surface area contributed by atoms with E-state index in [1.54, 1.807) is 35.7 Å². The zero-order valence-corrected chi connectivity index (χ0v) is 15.4. The first-order valence-electron chi connectivity index (χ1n) is 8.30. The van der Waals surface area contributed by atoms with E-state index in [2.05, 4.69) is 10.6 Å². The maximum Gasteiger partial charge on any atom is 0.306 e. The average molecular weight is 385 g/mol. The van der Waals surface area contributed by atoms with E-state index in [0.29, 0.717) is 30.6 Å². The number of anilines is 1. The number of nitrogens with one attached hydrogen (secondary N) is 2. The largest absolute Gasteiger partial charge is 0.456 e. The lowest BCUT2D eigenvalue weighted by Gasteiger charge is -2.07. The average Bonchev–Trinajstić information content (AvgIpc) is 3.20. The van der Waals surface area contributed by atoms with Crippen molar-refractivity contribution in [2.45, 2.75) is 19.3 Å². The van der Waals surface area contributed by atoms with Gasteiger partial charge in [-0.15, -0.1) is 0 Å². The molecule has 2 aromatic rings. The molecule has 1 aromatic carbocycles. The molecule has 2 amide bonds. The van der Waals surface area contributed by atoms with Gasteiger partial charge in [-0.2, -0.15) is 16.6 Å². The van der Waals surface area contributed by atoms with Crippen LogP contribution in [0.25, 0.3) is 0 Å². The van der Waals surface area contributed by atoms with Crippen molar-refractivity contribution in [1.29, 1.82) is 5.26 Å². The summed E-state index contributed by atoms with van der Waals surface area (Å²) in [4.78, 5) is 35.1. The molecule has 2 rings (SSSR count). The van der Waals surface area contributed by atoms with Gasteiger partial charge in [0, 0.05) is 29.6 Å². The number of nitriles is 1. The second-order valence-electron chi connectivity index (χ2n) is 5.61. The highest BCUT2D eigenvalue weighted by molar-refractivity contribution is 7.08. The van der Waals surface area contributed by atoms with Crippen molar-refractivity contribution in [1.82, 2.24) is 5.32 Å². The molecule has 0 fully saturated rings. The molecule has 2 N–H and O–H groups in total. The van der Waals surface area contributed by atoms with Gasteiger partial charge in [0.2, 0.25) is 0 Å². The topological polar surface area (TPSA) is 108 Å². The number of nitrogens with zero attached hydrogens (tertiary/aromatic N) is 1. The molecule has 7 nitrogen and oxygen atoms in total. The fourth-order valence-electron chi connectivity index (χ4n) is 2.14. The van der Waals surface area contributed by atoms with Crippen molar-refractivity contribution in [3.8, 4) is 6.07 Å². The standard InChI is InChI=1S/C19H19N3O4S/c20-9-7-14-3-5-16(6-4-14)22-17(23)12-26-18(24)2-1-10-21-19(25)15-8-11-27-13-15/h3-6,8,11,13H,1-2,7,10,12H2,(H,21,25)(H,22,23). The van der Waals surface area contributed by atoms with E-state index in [4.69, 9.17) is 10.00 Å². The van der Waals surface area contributed by atoms with Gasteiger partial charge in [-0.3, -0.25) is 14.4 Å².